The molecule has 1 aliphatic heterocycles. The fourth-order valence-corrected chi connectivity index (χ4v) is 9.91. The summed E-state index contributed by atoms with van der Waals surface area (Å²) in [6.45, 7) is 3.65. The molecule has 0 aromatic heterocycles. The van der Waals surface area contributed by atoms with Gasteiger partial charge in [-0.2, -0.15) is 0 Å². The highest BCUT2D eigenvalue weighted by molar-refractivity contribution is 5.76. The smallest absolute Gasteiger partial charge is 0.220 e. The highest BCUT2D eigenvalue weighted by Gasteiger charge is 2.44. The Labute approximate surface area is 509 Å². The third-order valence-electron chi connectivity index (χ3n) is 15.2. The van der Waals surface area contributed by atoms with E-state index in [1.54, 1.807) is 6.08 Å². The molecule has 7 unspecified atom stereocenters. The Morgan fingerprint density at radius 1 is 0.422 bits per heavy atom. The number of carbonyl (C=O) groups is 1. The molecule has 0 aliphatic carbocycles. The first-order valence-electron chi connectivity index (χ1n) is 33.9. The van der Waals surface area contributed by atoms with Gasteiger partial charge in [-0.05, 0) is 109 Å². The molecule has 7 atom stereocenters. The lowest BCUT2D eigenvalue weighted by Crippen LogP contribution is -2.60. The fraction of sp³-hybridized carbons (Fsp3) is 0.689. The molecule has 0 aromatic carbocycles. The SMILES string of the molecule is CC/C=C\C/C=C\C/C=C\C/C=C\C/C=C\C/C=C\C/C=C\C/C=C\CCCCCCCCCCCCCCCCC(=O)NC(COC1OC(CO)C(O)C(O)C1O)C(O)/C=C/CC/C=C/CC/C=C/CCCCCCCCCCCCC. The lowest BCUT2D eigenvalue weighted by atomic mass is 9.99. The summed E-state index contributed by atoms with van der Waals surface area (Å²) < 4.78 is 11.3. The summed E-state index contributed by atoms with van der Waals surface area (Å²) in [6, 6.07) is -0.837. The van der Waals surface area contributed by atoms with Crippen LogP contribution < -0.4 is 5.32 Å². The van der Waals surface area contributed by atoms with Crippen LogP contribution in [0.1, 0.15) is 271 Å². The van der Waals surface area contributed by atoms with E-state index in [1.165, 1.54) is 148 Å². The number of amides is 1. The minimum atomic E-state index is -1.58. The van der Waals surface area contributed by atoms with E-state index < -0.39 is 49.5 Å². The van der Waals surface area contributed by atoms with Crippen LogP contribution in [0.25, 0.3) is 0 Å². The average molecular weight is 1160 g/mol. The Bertz CT molecular complexity index is 1770. The number of ether oxygens (including phenoxy) is 2. The summed E-state index contributed by atoms with van der Waals surface area (Å²) in [5.41, 5.74) is 0. The van der Waals surface area contributed by atoms with Gasteiger partial charge in [-0.1, -0.05) is 289 Å². The Balaban J connectivity index is 2.16. The van der Waals surface area contributed by atoms with Crippen molar-refractivity contribution in [3.8, 4) is 0 Å². The zero-order valence-electron chi connectivity index (χ0n) is 52.9. The van der Waals surface area contributed by atoms with Crippen LogP contribution in [-0.4, -0.2) is 87.5 Å². The topological polar surface area (TPSA) is 149 Å². The maximum atomic E-state index is 13.1. The lowest BCUT2D eigenvalue weighted by Gasteiger charge is -2.40. The molecule has 1 amide bonds. The molecule has 9 nitrogen and oxygen atoms in total. The summed E-state index contributed by atoms with van der Waals surface area (Å²) >= 11 is 0. The van der Waals surface area contributed by atoms with Crippen molar-refractivity contribution in [3.05, 3.63) is 134 Å². The normalized spacial score (nSPS) is 19.1. The van der Waals surface area contributed by atoms with Crippen LogP contribution in [0, 0.1) is 0 Å². The van der Waals surface area contributed by atoms with Gasteiger partial charge in [0.1, 0.15) is 24.4 Å². The maximum absolute atomic E-state index is 13.1. The van der Waals surface area contributed by atoms with Crippen molar-refractivity contribution < 1.29 is 39.8 Å². The highest BCUT2D eigenvalue weighted by Crippen LogP contribution is 2.23. The molecule has 0 bridgehead atoms. The molecule has 474 valence electrons. The van der Waals surface area contributed by atoms with Crippen molar-refractivity contribution >= 4 is 5.91 Å². The molecule has 1 aliphatic rings. The van der Waals surface area contributed by atoms with E-state index in [0.29, 0.717) is 6.42 Å². The minimum absolute atomic E-state index is 0.195. The minimum Gasteiger partial charge on any atom is -0.394 e. The summed E-state index contributed by atoms with van der Waals surface area (Å²) in [7, 11) is 0. The van der Waals surface area contributed by atoms with Gasteiger partial charge in [-0.15, -0.1) is 0 Å². The second kappa shape index (κ2) is 61.4. The summed E-state index contributed by atoms with van der Waals surface area (Å²) in [5.74, 6) is -0.195. The van der Waals surface area contributed by atoms with E-state index in [-0.39, 0.29) is 12.5 Å². The number of nitrogens with one attached hydrogen (secondary N) is 1. The van der Waals surface area contributed by atoms with Gasteiger partial charge >= 0.3 is 0 Å². The second-order valence-electron chi connectivity index (χ2n) is 22.9. The van der Waals surface area contributed by atoms with Gasteiger partial charge in [0.25, 0.3) is 0 Å². The monoisotopic (exact) mass is 1160 g/mol. The molecule has 6 N–H and O–H groups in total. The first-order valence-corrected chi connectivity index (χ1v) is 33.9. The third-order valence-corrected chi connectivity index (χ3v) is 15.2. The van der Waals surface area contributed by atoms with E-state index in [2.05, 4.69) is 141 Å². The first kappa shape index (κ1) is 77.3. The number of hydrogen-bond donors (Lipinski definition) is 6. The fourth-order valence-electron chi connectivity index (χ4n) is 9.91. The van der Waals surface area contributed by atoms with Crippen LogP contribution in [0.4, 0.5) is 0 Å². The molecule has 1 fully saturated rings. The maximum Gasteiger partial charge on any atom is 0.220 e. The van der Waals surface area contributed by atoms with Crippen LogP contribution in [0.3, 0.4) is 0 Å². The summed E-state index contributed by atoms with van der Waals surface area (Å²) in [6.07, 6.45) is 86.8. The number of hydrogen-bond acceptors (Lipinski definition) is 8. The molecule has 83 heavy (non-hydrogen) atoms. The van der Waals surface area contributed by atoms with Crippen LogP contribution in [0.15, 0.2) is 134 Å². The van der Waals surface area contributed by atoms with Gasteiger partial charge in [0.2, 0.25) is 5.91 Å². The van der Waals surface area contributed by atoms with Crippen molar-refractivity contribution in [1.29, 1.82) is 0 Å². The van der Waals surface area contributed by atoms with Crippen molar-refractivity contribution in [1.82, 2.24) is 5.32 Å². The van der Waals surface area contributed by atoms with Crippen LogP contribution >= 0.6 is 0 Å². The number of unbranched alkanes of at least 4 members (excludes halogenated alkanes) is 27. The van der Waals surface area contributed by atoms with Crippen molar-refractivity contribution in [2.45, 2.75) is 314 Å². The molecule has 0 spiro atoms. The molecule has 0 saturated carbocycles. The molecule has 1 saturated heterocycles. The van der Waals surface area contributed by atoms with Gasteiger partial charge in [-0.3, -0.25) is 4.79 Å². The van der Waals surface area contributed by atoms with Crippen molar-refractivity contribution in [2.24, 2.45) is 0 Å². The van der Waals surface area contributed by atoms with E-state index in [0.717, 1.165) is 103 Å². The molecular weight excluding hydrogens is 1030 g/mol. The zero-order chi connectivity index (χ0) is 60.0. The molecule has 9 heteroatoms. The first-order chi connectivity index (χ1) is 40.8. The quantitative estimate of drug-likeness (QED) is 0.0261. The Morgan fingerprint density at radius 2 is 0.759 bits per heavy atom. The average Bonchev–Trinajstić information content (AvgIpc) is 3.60. The number of aliphatic hydroxyl groups is 5. The van der Waals surface area contributed by atoms with E-state index in [1.807, 2.05) is 6.08 Å². The lowest BCUT2D eigenvalue weighted by molar-refractivity contribution is -0.302. The molecular formula is C74H125NO8. The van der Waals surface area contributed by atoms with Gasteiger partial charge in [-0.25, -0.2) is 0 Å². The Kier molecular flexibility index (Phi) is 57.2. The van der Waals surface area contributed by atoms with Gasteiger partial charge in [0, 0.05) is 6.42 Å². The van der Waals surface area contributed by atoms with Crippen molar-refractivity contribution in [2.75, 3.05) is 13.2 Å². The summed E-state index contributed by atoms with van der Waals surface area (Å²) in [4.78, 5) is 13.1. The van der Waals surface area contributed by atoms with Gasteiger partial charge < -0.3 is 40.3 Å². The van der Waals surface area contributed by atoms with Crippen molar-refractivity contribution in [3.63, 3.8) is 0 Å². The Morgan fingerprint density at radius 3 is 1.16 bits per heavy atom. The predicted octanol–water partition coefficient (Wildman–Crippen LogP) is 18.4. The Hall–Kier alpha value is -3.67. The van der Waals surface area contributed by atoms with E-state index >= 15 is 0 Å². The number of aliphatic hydroxyl groups excluding tert-OH is 5. The van der Waals surface area contributed by atoms with E-state index in [9.17, 15) is 30.3 Å². The number of allylic oxidation sites excluding steroid dienone is 21. The van der Waals surface area contributed by atoms with E-state index in [4.69, 9.17) is 9.47 Å². The standard InChI is InChI=1S/C74H125NO8/c1-3-5-7-9-11-13-15-17-19-21-23-25-26-27-28-29-30-31-32-33-34-35-36-37-38-39-40-41-42-44-46-48-50-52-54-56-58-60-62-64-70(78)75-67(66-82-74-73(81)72(80)71(79)69(65-76)83-74)68(77)63-61-59-57-55-53-51-49-47-45-43-24-22-20-18-16-14-12-10-8-6-4-2/h5,7,11,13,17,19,23,25,27-28,30-31,33-34,36-37,45,47,53,55,61,63,67-69,71-74,76-77,79-81H,3-4,6,8-10,12,14-16,18,20-22,24,26,29,32,35,38-44,46,48-52,54,56-60,62,64-66H2,1-2H3,(H,75,78)/b7-5-,13-11-,19-17-,25-23-,28-27-,31-30-,34-33-,37-36-,47-45+,55-53+,63-61+. The molecule has 0 radical (unpaired) electrons. The predicted molar refractivity (Wildman–Crippen MR) is 354 cm³/mol. The molecule has 0 aromatic rings. The van der Waals surface area contributed by atoms with Gasteiger partial charge in [0.05, 0.1) is 25.4 Å². The molecule has 1 rings (SSSR count). The number of carbonyl (C=O) groups excluding carboxylic acids is 1. The zero-order valence-corrected chi connectivity index (χ0v) is 52.9. The largest absolute Gasteiger partial charge is 0.394 e. The third kappa shape index (κ3) is 50.2. The van der Waals surface area contributed by atoms with Crippen LogP contribution in [0.2, 0.25) is 0 Å². The van der Waals surface area contributed by atoms with Crippen LogP contribution in [-0.2, 0) is 14.3 Å². The second-order valence-corrected chi connectivity index (χ2v) is 22.9. The highest BCUT2D eigenvalue weighted by atomic mass is 16.7. The number of rotatable bonds is 57. The van der Waals surface area contributed by atoms with Gasteiger partial charge in [0.15, 0.2) is 6.29 Å². The molecule has 1 heterocycles. The van der Waals surface area contributed by atoms with Crippen LogP contribution in [0.5, 0.6) is 0 Å². The summed E-state index contributed by atoms with van der Waals surface area (Å²) in [5, 5.41) is 54.6.